The van der Waals surface area contributed by atoms with Crippen molar-refractivity contribution in [3.05, 3.63) is 48.0 Å². The monoisotopic (exact) mass is 308 g/mol. The maximum absolute atomic E-state index is 12.3. The van der Waals surface area contributed by atoms with E-state index in [0.717, 1.165) is 4.90 Å². The molecular weight excluding hydrogens is 296 g/mol. The second-order valence-electron chi connectivity index (χ2n) is 4.67. The van der Waals surface area contributed by atoms with Gasteiger partial charge < -0.3 is 14.8 Å². The Morgan fingerprint density at radius 2 is 2.04 bits per heavy atom. The molecule has 2 aromatic rings. The summed E-state index contributed by atoms with van der Waals surface area (Å²) in [6.07, 6.45) is 5.76. The van der Waals surface area contributed by atoms with Gasteiger partial charge in [0.1, 0.15) is 0 Å². The third-order valence-electron chi connectivity index (χ3n) is 3.24. The van der Waals surface area contributed by atoms with E-state index in [1.54, 1.807) is 42.5 Å². The van der Waals surface area contributed by atoms with Gasteiger partial charge in [-0.15, -0.1) is 6.42 Å². The van der Waals surface area contributed by atoms with Crippen molar-refractivity contribution in [1.82, 2.24) is 0 Å². The summed E-state index contributed by atoms with van der Waals surface area (Å²) in [7, 11) is 0. The van der Waals surface area contributed by atoms with E-state index in [1.807, 2.05) is 0 Å². The van der Waals surface area contributed by atoms with Gasteiger partial charge in [0, 0.05) is 17.3 Å². The van der Waals surface area contributed by atoms with Crippen molar-refractivity contribution in [2.45, 2.75) is 0 Å². The largest absolute Gasteiger partial charge is 0.454 e. The lowest BCUT2D eigenvalue weighted by molar-refractivity contribution is -0.106. The number of terminal acetylenes is 1. The Labute approximate surface area is 132 Å². The van der Waals surface area contributed by atoms with E-state index in [0.29, 0.717) is 34.8 Å². The van der Waals surface area contributed by atoms with Crippen LogP contribution < -0.4 is 19.7 Å². The minimum atomic E-state index is -0.604. The average Bonchev–Trinajstić information content (AvgIpc) is 3.03. The van der Waals surface area contributed by atoms with Crippen LogP contribution in [0.3, 0.4) is 0 Å². The standard InChI is InChI=1S/C17H12N2O4/c1-2-12-4-3-5-14(8-12)19(10-20)17(21)18-13-6-7-15-16(9-13)23-11-22-15/h1,3-10H,11H2,(H,18,21). The first-order chi connectivity index (χ1) is 11.2. The van der Waals surface area contributed by atoms with E-state index in [1.165, 1.54) is 0 Å². The van der Waals surface area contributed by atoms with Crippen molar-refractivity contribution in [1.29, 1.82) is 0 Å². The predicted octanol–water partition coefficient (Wildman–Crippen LogP) is 2.59. The van der Waals surface area contributed by atoms with Gasteiger partial charge in [0.05, 0.1) is 5.69 Å². The van der Waals surface area contributed by atoms with E-state index in [-0.39, 0.29) is 6.79 Å². The average molecular weight is 308 g/mol. The van der Waals surface area contributed by atoms with Crippen LogP contribution in [0.4, 0.5) is 16.2 Å². The molecular formula is C17H12N2O4. The molecule has 1 aliphatic heterocycles. The molecule has 1 N–H and O–H groups in total. The molecule has 114 valence electrons. The minimum Gasteiger partial charge on any atom is -0.454 e. The molecule has 0 saturated carbocycles. The van der Waals surface area contributed by atoms with E-state index in [2.05, 4.69) is 11.2 Å². The highest BCUT2D eigenvalue weighted by Crippen LogP contribution is 2.34. The summed E-state index contributed by atoms with van der Waals surface area (Å²) >= 11 is 0. The van der Waals surface area contributed by atoms with Gasteiger partial charge in [0.15, 0.2) is 11.5 Å². The summed E-state index contributed by atoms with van der Waals surface area (Å²) in [6, 6.07) is 10.9. The molecule has 0 spiro atoms. The number of amides is 3. The predicted molar refractivity (Wildman–Crippen MR) is 84.5 cm³/mol. The van der Waals surface area contributed by atoms with Crippen LogP contribution in [0.15, 0.2) is 42.5 Å². The van der Waals surface area contributed by atoms with E-state index in [9.17, 15) is 9.59 Å². The van der Waals surface area contributed by atoms with Crippen molar-refractivity contribution >= 4 is 23.8 Å². The number of benzene rings is 2. The Bertz CT molecular complexity index is 810. The Kier molecular flexibility index (Phi) is 3.85. The zero-order valence-electron chi connectivity index (χ0n) is 12.0. The number of nitrogens with zero attached hydrogens (tertiary/aromatic N) is 1. The molecule has 0 unspecified atom stereocenters. The molecule has 1 aliphatic rings. The molecule has 3 rings (SSSR count). The van der Waals surface area contributed by atoms with Gasteiger partial charge in [-0.2, -0.15) is 0 Å². The molecule has 0 aliphatic carbocycles. The summed E-state index contributed by atoms with van der Waals surface area (Å²) < 4.78 is 10.4. The highest BCUT2D eigenvalue weighted by molar-refractivity contribution is 6.12. The number of imide groups is 1. The fraction of sp³-hybridized carbons (Fsp3) is 0.0588. The van der Waals surface area contributed by atoms with Crippen LogP contribution in [-0.4, -0.2) is 19.2 Å². The molecule has 0 radical (unpaired) electrons. The first-order valence-corrected chi connectivity index (χ1v) is 6.73. The summed E-state index contributed by atoms with van der Waals surface area (Å²) in [4.78, 5) is 24.5. The highest BCUT2D eigenvalue weighted by Gasteiger charge is 2.18. The number of carbonyl (C=O) groups excluding carboxylic acids is 2. The van der Waals surface area contributed by atoms with E-state index < -0.39 is 6.03 Å². The zero-order chi connectivity index (χ0) is 16.2. The number of carbonyl (C=O) groups is 2. The lowest BCUT2D eigenvalue weighted by atomic mass is 10.2. The number of nitrogens with one attached hydrogen (secondary N) is 1. The summed E-state index contributed by atoms with van der Waals surface area (Å²) in [6.45, 7) is 0.145. The molecule has 0 fully saturated rings. The minimum absolute atomic E-state index is 0.145. The van der Waals surface area contributed by atoms with Gasteiger partial charge in [0.2, 0.25) is 13.2 Å². The second kappa shape index (κ2) is 6.12. The lowest BCUT2D eigenvalue weighted by Crippen LogP contribution is -2.33. The number of ether oxygens (including phenoxy) is 2. The first-order valence-electron chi connectivity index (χ1n) is 6.73. The van der Waals surface area contributed by atoms with Crippen LogP contribution in [0.5, 0.6) is 11.5 Å². The van der Waals surface area contributed by atoms with Gasteiger partial charge in [-0.25, -0.2) is 9.69 Å². The van der Waals surface area contributed by atoms with E-state index in [4.69, 9.17) is 15.9 Å². The summed E-state index contributed by atoms with van der Waals surface area (Å²) in [5.41, 5.74) is 1.44. The quantitative estimate of drug-likeness (QED) is 0.699. The highest BCUT2D eigenvalue weighted by atomic mass is 16.7. The maximum Gasteiger partial charge on any atom is 0.332 e. The molecule has 6 heteroatoms. The van der Waals surface area contributed by atoms with Crippen LogP contribution in [0.25, 0.3) is 0 Å². The SMILES string of the molecule is C#Cc1cccc(N(C=O)C(=O)Nc2ccc3c(c2)OCO3)c1. The second-order valence-corrected chi connectivity index (χ2v) is 4.67. The molecule has 0 aromatic heterocycles. The third-order valence-corrected chi connectivity index (χ3v) is 3.24. The Morgan fingerprint density at radius 1 is 1.22 bits per heavy atom. The number of fused-ring (bicyclic) bond motifs is 1. The van der Waals surface area contributed by atoms with Gasteiger partial charge in [-0.3, -0.25) is 4.79 Å². The van der Waals surface area contributed by atoms with Crippen molar-refractivity contribution in [3.63, 3.8) is 0 Å². The van der Waals surface area contributed by atoms with Crippen molar-refractivity contribution < 1.29 is 19.1 Å². The molecule has 0 saturated heterocycles. The van der Waals surface area contributed by atoms with Crippen LogP contribution in [0.1, 0.15) is 5.56 Å². The molecule has 1 heterocycles. The number of hydrogen-bond donors (Lipinski definition) is 1. The van der Waals surface area contributed by atoms with E-state index >= 15 is 0 Å². The van der Waals surface area contributed by atoms with Crippen molar-refractivity contribution in [2.75, 3.05) is 17.0 Å². The summed E-state index contributed by atoms with van der Waals surface area (Å²) in [5, 5.41) is 2.63. The maximum atomic E-state index is 12.3. The lowest BCUT2D eigenvalue weighted by Gasteiger charge is -2.17. The van der Waals surface area contributed by atoms with Gasteiger partial charge in [-0.05, 0) is 30.3 Å². The number of rotatable bonds is 3. The van der Waals surface area contributed by atoms with Gasteiger partial charge in [-0.1, -0.05) is 12.0 Å². The molecule has 2 aromatic carbocycles. The third kappa shape index (κ3) is 2.94. The molecule has 23 heavy (non-hydrogen) atoms. The molecule has 0 bridgehead atoms. The summed E-state index contributed by atoms with van der Waals surface area (Å²) in [5.74, 6) is 3.60. The number of hydrogen-bond acceptors (Lipinski definition) is 4. The van der Waals surface area contributed by atoms with Crippen LogP contribution in [0.2, 0.25) is 0 Å². The van der Waals surface area contributed by atoms with Crippen molar-refractivity contribution in [2.24, 2.45) is 0 Å². The smallest absolute Gasteiger partial charge is 0.332 e. The molecule has 0 atom stereocenters. The Morgan fingerprint density at radius 3 is 2.83 bits per heavy atom. The number of urea groups is 1. The Hall–Kier alpha value is -3.46. The van der Waals surface area contributed by atoms with Crippen LogP contribution >= 0.6 is 0 Å². The zero-order valence-corrected chi connectivity index (χ0v) is 12.0. The topological polar surface area (TPSA) is 67.9 Å². The van der Waals surface area contributed by atoms with Gasteiger partial charge >= 0.3 is 6.03 Å². The van der Waals surface area contributed by atoms with Gasteiger partial charge in [0.25, 0.3) is 0 Å². The normalized spacial score (nSPS) is 11.4. The van der Waals surface area contributed by atoms with Crippen molar-refractivity contribution in [3.8, 4) is 23.8 Å². The Balaban J connectivity index is 1.80. The first kappa shape index (κ1) is 14.5. The fourth-order valence-corrected chi connectivity index (χ4v) is 2.13. The number of anilines is 2. The van der Waals surface area contributed by atoms with Crippen LogP contribution in [0, 0.1) is 12.3 Å². The fourth-order valence-electron chi connectivity index (χ4n) is 2.13. The molecule has 3 amide bonds. The molecule has 6 nitrogen and oxygen atoms in total. The van der Waals surface area contributed by atoms with Crippen LogP contribution in [-0.2, 0) is 4.79 Å².